The van der Waals surface area contributed by atoms with Crippen LogP contribution in [0.1, 0.15) is 23.1 Å². The van der Waals surface area contributed by atoms with Crippen LogP contribution < -0.4 is 0 Å². The lowest BCUT2D eigenvalue weighted by Crippen LogP contribution is -2.38. The Morgan fingerprint density at radius 1 is 1.29 bits per heavy atom. The molecule has 1 amide bonds. The van der Waals surface area contributed by atoms with Gasteiger partial charge in [-0.25, -0.2) is 0 Å². The van der Waals surface area contributed by atoms with Gasteiger partial charge in [0, 0.05) is 24.6 Å². The Labute approximate surface area is 140 Å². The number of furan rings is 1. The first kappa shape index (κ1) is 16.5. The SMILES string of the molecule is COCCN(CC(=O)O)C(=O)Cc1coc2cc3c(cc12)CCC3. The zero-order chi connectivity index (χ0) is 17.1. The topological polar surface area (TPSA) is 80.0 Å². The van der Waals surface area contributed by atoms with Gasteiger partial charge in [-0.1, -0.05) is 0 Å². The number of ether oxygens (including phenoxy) is 1. The normalized spacial score (nSPS) is 13.2. The second-order valence-corrected chi connectivity index (χ2v) is 6.11. The van der Waals surface area contributed by atoms with E-state index in [1.54, 1.807) is 6.26 Å². The van der Waals surface area contributed by atoms with Crippen LogP contribution in [0.3, 0.4) is 0 Å². The number of benzene rings is 1. The van der Waals surface area contributed by atoms with E-state index in [2.05, 4.69) is 12.1 Å². The molecule has 128 valence electrons. The van der Waals surface area contributed by atoms with E-state index in [1.807, 2.05) is 0 Å². The van der Waals surface area contributed by atoms with Crippen molar-refractivity contribution >= 4 is 22.8 Å². The Morgan fingerprint density at radius 3 is 2.75 bits per heavy atom. The summed E-state index contributed by atoms with van der Waals surface area (Å²) in [7, 11) is 1.52. The standard InChI is InChI=1S/C18H21NO5/c1-23-6-5-19(10-18(21)22)17(20)9-14-11-24-16-8-13-4-2-3-12(13)7-15(14)16/h7-8,11H,2-6,9-10H2,1H3,(H,21,22). The molecule has 0 aliphatic heterocycles. The summed E-state index contributed by atoms with van der Waals surface area (Å²) in [6.07, 6.45) is 5.02. The summed E-state index contributed by atoms with van der Waals surface area (Å²) in [5.41, 5.74) is 4.24. The van der Waals surface area contributed by atoms with E-state index in [0.717, 1.165) is 35.8 Å². The second-order valence-electron chi connectivity index (χ2n) is 6.11. The van der Waals surface area contributed by atoms with Crippen molar-refractivity contribution in [3.05, 3.63) is 35.1 Å². The van der Waals surface area contributed by atoms with Gasteiger partial charge >= 0.3 is 5.97 Å². The largest absolute Gasteiger partial charge is 0.480 e. The minimum atomic E-state index is -1.03. The number of carbonyl (C=O) groups is 2. The molecule has 0 unspecified atom stereocenters. The van der Waals surface area contributed by atoms with E-state index in [1.165, 1.54) is 23.1 Å². The zero-order valence-corrected chi connectivity index (χ0v) is 13.7. The molecule has 0 radical (unpaired) electrons. The molecule has 1 aliphatic carbocycles. The maximum Gasteiger partial charge on any atom is 0.323 e. The fourth-order valence-corrected chi connectivity index (χ4v) is 3.22. The van der Waals surface area contributed by atoms with Crippen molar-refractivity contribution in [1.82, 2.24) is 4.90 Å². The molecule has 0 atom stereocenters. The second kappa shape index (κ2) is 7.05. The fourth-order valence-electron chi connectivity index (χ4n) is 3.22. The third-order valence-corrected chi connectivity index (χ3v) is 4.45. The third-order valence-electron chi connectivity index (χ3n) is 4.45. The molecule has 24 heavy (non-hydrogen) atoms. The number of carboxylic acids is 1. The number of carbonyl (C=O) groups excluding carboxylic acids is 1. The quantitative estimate of drug-likeness (QED) is 0.839. The number of aryl methyl sites for hydroxylation is 2. The Balaban J connectivity index is 1.80. The Bertz CT molecular complexity index is 764. The van der Waals surface area contributed by atoms with E-state index in [9.17, 15) is 9.59 Å². The molecule has 0 spiro atoms. The number of aliphatic carboxylic acids is 1. The van der Waals surface area contributed by atoms with Gasteiger partial charge in [-0.3, -0.25) is 9.59 Å². The van der Waals surface area contributed by atoms with E-state index in [0.29, 0.717) is 6.61 Å². The predicted octanol–water partition coefficient (Wildman–Crippen LogP) is 2.02. The molecule has 0 saturated carbocycles. The molecule has 1 N–H and O–H groups in total. The number of nitrogens with zero attached hydrogens (tertiary/aromatic N) is 1. The van der Waals surface area contributed by atoms with Gasteiger partial charge < -0.3 is 19.2 Å². The predicted molar refractivity (Wildman–Crippen MR) is 88.0 cm³/mol. The number of fused-ring (bicyclic) bond motifs is 2. The van der Waals surface area contributed by atoms with Gasteiger partial charge in [-0.05, 0) is 42.5 Å². The molecule has 1 aromatic heterocycles. The lowest BCUT2D eigenvalue weighted by atomic mass is 10.0. The van der Waals surface area contributed by atoms with Crippen molar-refractivity contribution < 1.29 is 23.8 Å². The highest BCUT2D eigenvalue weighted by molar-refractivity contribution is 5.89. The summed E-state index contributed by atoms with van der Waals surface area (Å²) in [5.74, 6) is -1.27. The number of amides is 1. The molecule has 1 aliphatic rings. The molecular formula is C18H21NO5. The van der Waals surface area contributed by atoms with Crippen molar-refractivity contribution in [2.75, 3.05) is 26.8 Å². The van der Waals surface area contributed by atoms with Crippen molar-refractivity contribution in [2.24, 2.45) is 0 Å². The van der Waals surface area contributed by atoms with Crippen molar-refractivity contribution in [2.45, 2.75) is 25.7 Å². The zero-order valence-electron chi connectivity index (χ0n) is 13.7. The van der Waals surface area contributed by atoms with Crippen molar-refractivity contribution in [3.8, 4) is 0 Å². The highest BCUT2D eigenvalue weighted by Crippen LogP contribution is 2.30. The van der Waals surface area contributed by atoms with Crippen LogP contribution in [-0.2, 0) is 33.6 Å². The Hall–Kier alpha value is -2.34. The molecule has 6 heteroatoms. The number of carboxylic acid groups (broad SMARTS) is 1. The molecular weight excluding hydrogens is 310 g/mol. The lowest BCUT2D eigenvalue weighted by molar-refractivity contribution is -0.144. The number of methoxy groups -OCH3 is 1. The van der Waals surface area contributed by atoms with Gasteiger partial charge in [0.05, 0.1) is 19.3 Å². The maximum atomic E-state index is 12.5. The smallest absolute Gasteiger partial charge is 0.323 e. The summed E-state index contributed by atoms with van der Waals surface area (Å²) in [6, 6.07) is 4.17. The molecule has 2 aromatic rings. The van der Waals surface area contributed by atoms with Crippen LogP contribution in [0.15, 0.2) is 22.8 Å². The first-order valence-corrected chi connectivity index (χ1v) is 8.09. The average molecular weight is 331 g/mol. The molecule has 0 bridgehead atoms. The highest BCUT2D eigenvalue weighted by atomic mass is 16.5. The molecule has 3 rings (SSSR count). The van der Waals surface area contributed by atoms with Crippen LogP contribution in [0.25, 0.3) is 11.0 Å². The van der Waals surface area contributed by atoms with Gasteiger partial charge in [-0.2, -0.15) is 0 Å². The first-order chi connectivity index (χ1) is 11.6. The van der Waals surface area contributed by atoms with Crippen LogP contribution >= 0.6 is 0 Å². The Morgan fingerprint density at radius 2 is 2.04 bits per heavy atom. The lowest BCUT2D eigenvalue weighted by Gasteiger charge is -2.20. The minimum Gasteiger partial charge on any atom is -0.480 e. The van der Waals surface area contributed by atoms with E-state index < -0.39 is 5.97 Å². The summed E-state index contributed by atoms with van der Waals surface area (Å²) >= 11 is 0. The summed E-state index contributed by atoms with van der Waals surface area (Å²) in [4.78, 5) is 24.8. The summed E-state index contributed by atoms with van der Waals surface area (Å²) < 4.78 is 10.6. The molecule has 0 fully saturated rings. The van der Waals surface area contributed by atoms with Crippen LogP contribution in [0.4, 0.5) is 0 Å². The number of hydrogen-bond donors (Lipinski definition) is 1. The van der Waals surface area contributed by atoms with E-state index in [4.69, 9.17) is 14.3 Å². The third kappa shape index (κ3) is 3.43. The fraction of sp³-hybridized carbons (Fsp3) is 0.444. The van der Waals surface area contributed by atoms with Crippen LogP contribution in [0.2, 0.25) is 0 Å². The van der Waals surface area contributed by atoms with Crippen LogP contribution in [-0.4, -0.2) is 48.7 Å². The van der Waals surface area contributed by atoms with Crippen molar-refractivity contribution in [1.29, 1.82) is 0 Å². The maximum absolute atomic E-state index is 12.5. The first-order valence-electron chi connectivity index (χ1n) is 8.09. The molecule has 0 saturated heterocycles. The van der Waals surface area contributed by atoms with Gasteiger partial charge in [0.15, 0.2) is 0 Å². The average Bonchev–Trinajstić information content (AvgIpc) is 3.15. The van der Waals surface area contributed by atoms with Gasteiger partial charge in [0.1, 0.15) is 12.1 Å². The van der Waals surface area contributed by atoms with Crippen LogP contribution in [0, 0.1) is 0 Å². The van der Waals surface area contributed by atoms with Gasteiger partial charge in [-0.15, -0.1) is 0 Å². The molecule has 1 heterocycles. The number of hydrogen-bond acceptors (Lipinski definition) is 4. The van der Waals surface area contributed by atoms with E-state index >= 15 is 0 Å². The van der Waals surface area contributed by atoms with Gasteiger partial charge in [0.25, 0.3) is 0 Å². The van der Waals surface area contributed by atoms with Crippen molar-refractivity contribution in [3.63, 3.8) is 0 Å². The minimum absolute atomic E-state index is 0.128. The molecule has 6 nitrogen and oxygen atoms in total. The van der Waals surface area contributed by atoms with Gasteiger partial charge in [0.2, 0.25) is 5.91 Å². The summed E-state index contributed by atoms with van der Waals surface area (Å²) in [5, 5.41) is 9.93. The highest BCUT2D eigenvalue weighted by Gasteiger charge is 2.20. The van der Waals surface area contributed by atoms with Crippen LogP contribution in [0.5, 0.6) is 0 Å². The van der Waals surface area contributed by atoms with E-state index in [-0.39, 0.29) is 25.4 Å². The molecule has 1 aromatic carbocycles. The monoisotopic (exact) mass is 331 g/mol. The summed E-state index contributed by atoms with van der Waals surface area (Å²) in [6.45, 7) is 0.235. The Kier molecular flexibility index (Phi) is 4.85. The number of rotatable bonds is 7.